The minimum absolute atomic E-state index is 0.0235. The van der Waals surface area contributed by atoms with Gasteiger partial charge in [0.15, 0.2) is 6.61 Å². The molecule has 4 fully saturated rings. The van der Waals surface area contributed by atoms with Crippen LogP contribution in [0.4, 0.5) is 17.6 Å². The van der Waals surface area contributed by atoms with Crippen LogP contribution in [0.2, 0.25) is 5.02 Å². The van der Waals surface area contributed by atoms with Crippen molar-refractivity contribution < 1.29 is 31.8 Å². The molecule has 0 radical (unpaired) electrons. The first-order chi connectivity index (χ1) is 15.0. The molecule has 2 aromatic rings. The number of benzene rings is 1. The molecule has 4 aliphatic carbocycles. The minimum Gasteiger partial charge on any atom is -0.484 e. The molecular formula is C20H19ClF4N4O3. The number of amides is 1. The molecule has 1 N–H and O–H groups in total. The second kappa shape index (κ2) is 7.31. The Morgan fingerprint density at radius 2 is 2.00 bits per heavy atom. The largest absolute Gasteiger partial charge is 0.522 e. The van der Waals surface area contributed by atoms with E-state index in [1.54, 1.807) is 10.9 Å². The van der Waals surface area contributed by atoms with Crippen molar-refractivity contribution in [2.24, 2.45) is 0 Å². The monoisotopic (exact) mass is 474 g/mol. The van der Waals surface area contributed by atoms with Crippen LogP contribution in [0.1, 0.15) is 43.8 Å². The summed E-state index contributed by atoms with van der Waals surface area (Å²) in [4.78, 5) is 12.2. The van der Waals surface area contributed by atoms with E-state index >= 15 is 0 Å². The molecule has 4 saturated carbocycles. The molecule has 172 valence electrons. The smallest absolute Gasteiger partial charge is 0.484 e. The van der Waals surface area contributed by atoms with Gasteiger partial charge in [-0.15, -0.1) is 18.3 Å². The lowest BCUT2D eigenvalue weighted by Gasteiger charge is -2.69. The number of carbonyl (C=O) groups excluding carboxylic acids is 1. The Morgan fingerprint density at radius 3 is 2.66 bits per heavy atom. The first-order valence-corrected chi connectivity index (χ1v) is 10.5. The van der Waals surface area contributed by atoms with Gasteiger partial charge in [0.1, 0.15) is 11.6 Å². The Labute approximate surface area is 185 Å². The van der Waals surface area contributed by atoms with Crippen LogP contribution in [0.25, 0.3) is 0 Å². The van der Waals surface area contributed by atoms with Crippen molar-refractivity contribution in [3.05, 3.63) is 40.9 Å². The standard InChI is InChI=1S/C20H19ClF4N4O3/c21-14-2-1-12(5-15(14)22)31-7-17(30)26-19-8-18(9-19,10-19)16-6-29(28-27-16)11-3-13(4-11)32-20(23,24)25/h1-2,5-6,11,13H,3-4,7-10H2,(H,26,30)/t11-,13-,18?,19?. The zero-order chi connectivity index (χ0) is 22.7. The lowest BCUT2D eigenvalue weighted by Crippen LogP contribution is -2.77. The van der Waals surface area contributed by atoms with Gasteiger partial charge in [-0.2, -0.15) is 0 Å². The van der Waals surface area contributed by atoms with Crippen LogP contribution in [0, 0.1) is 5.82 Å². The third-order valence-corrected chi connectivity index (χ3v) is 6.80. The van der Waals surface area contributed by atoms with E-state index in [1.807, 2.05) is 0 Å². The molecule has 4 aliphatic rings. The van der Waals surface area contributed by atoms with Gasteiger partial charge in [-0.3, -0.25) is 9.53 Å². The number of alkyl halides is 3. The van der Waals surface area contributed by atoms with E-state index in [0.717, 1.165) is 11.8 Å². The predicted octanol–water partition coefficient (Wildman–Crippen LogP) is 3.68. The summed E-state index contributed by atoms with van der Waals surface area (Å²) in [6.45, 7) is -0.241. The molecular weight excluding hydrogens is 456 g/mol. The fourth-order valence-electron chi connectivity index (χ4n) is 4.98. The molecule has 0 saturated heterocycles. The number of nitrogens with one attached hydrogen (secondary N) is 1. The van der Waals surface area contributed by atoms with Crippen molar-refractivity contribution in [3.63, 3.8) is 0 Å². The average Bonchev–Trinajstić information content (AvgIpc) is 3.09. The second-order valence-electron chi connectivity index (χ2n) is 8.90. The van der Waals surface area contributed by atoms with E-state index in [2.05, 4.69) is 20.4 Å². The summed E-state index contributed by atoms with van der Waals surface area (Å²) in [5, 5.41) is 11.2. The van der Waals surface area contributed by atoms with Crippen LogP contribution in [-0.4, -0.2) is 45.5 Å². The van der Waals surface area contributed by atoms with Gasteiger partial charge in [0, 0.05) is 23.2 Å². The molecule has 2 bridgehead atoms. The summed E-state index contributed by atoms with van der Waals surface area (Å²) in [7, 11) is 0. The topological polar surface area (TPSA) is 78.3 Å². The van der Waals surface area contributed by atoms with Crippen molar-refractivity contribution in [3.8, 4) is 5.75 Å². The van der Waals surface area contributed by atoms with Gasteiger partial charge in [-0.1, -0.05) is 16.8 Å². The summed E-state index contributed by atoms with van der Waals surface area (Å²) in [5.74, 6) is -0.710. The van der Waals surface area contributed by atoms with Gasteiger partial charge < -0.3 is 10.1 Å². The molecule has 1 heterocycles. The Balaban J connectivity index is 1.08. The molecule has 1 aromatic heterocycles. The highest BCUT2D eigenvalue weighted by Crippen LogP contribution is 2.67. The van der Waals surface area contributed by atoms with Gasteiger partial charge >= 0.3 is 6.36 Å². The van der Waals surface area contributed by atoms with Crippen LogP contribution in [0.5, 0.6) is 5.75 Å². The Hall–Kier alpha value is -2.40. The number of ether oxygens (including phenoxy) is 2. The van der Waals surface area contributed by atoms with Gasteiger partial charge in [-0.25, -0.2) is 9.07 Å². The highest BCUT2D eigenvalue weighted by molar-refractivity contribution is 6.30. The SMILES string of the molecule is O=C(COc1ccc(Cl)c(F)c1)NC12CC(c3cn([C@H]4C[C@H](OC(F)(F)F)C4)nn3)(C1)C2. The quantitative estimate of drug-likeness (QED) is 0.619. The second-order valence-corrected chi connectivity index (χ2v) is 9.31. The van der Waals surface area contributed by atoms with Crippen molar-refractivity contribution in [1.29, 1.82) is 0 Å². The first-order valence-electron chi connectivity index (χ1n) is 10.1. The van der Waals surface area contributed by atoms with E-state index in [4.69, 9.17) is 16.3 Å². The number of nitrogens with zero attached hydrogens (tertiary/aromatic N) is 3. The van der Waals surface area contributed by atoms with Gasteiger partial charge in [0.05, 0.1) is 22.9 Å². The van der Waals surface area contributed by atoms with Crippen LogP contribution >= 0.6 is 11.6 Å². The van der Waals surface area contributed by atoms with Crippen molar-refractivity contribution in [1.82, 2.24) is 20.3 Å². The first kappa shape index (κ1) is 21.4. The third kappa shape index (κ3) is 3.92. The fourth-order valence-corrected chi connectivity index (χ4v) is 5.09. The van der Waals surface area contributed by atoms with Gasteiger partial charge in [-0.05, 0) is 44.2 Å². The lowest BCUT2D eigenvalue weighted by atomic mass is 9.38. The molecule has 12 heteroatoms. The highest BCUT2D eigenvalue weighted by atomic mass is 35.5. The lowest BCUT2D eigenvalue weighted by molar-refractivity contribution is -0.353. The molecule has 32 heavy (non-hydrogen) atoms. The van der Waals surface area contributed by atoms with E-state index in [9.17, 15) is 22.4 Å². The van der Waals surface area contributed by atoms with Crippen LogP contribution in [-0.2, 0) is 14.9 Å². The summed E-state index contributed by atoms with van der Waals surface area (Å²) in [5.41, 5.74) is 0.330. The Kier molecular flexibility index (Phi) is 4.90. The number of hydrogen-bond donors (Lipinski definition) is 1. The fraction of sp³-hybridized carbons (Fsp3) is 0.550. The van der Waals surface area contributed by atoms with Crippen molar-refractivity contribution >= 4 is 17.5 Å². The molecule has 0 atom stereocenters. The summed E-state index contributed by atoms with van der Waals surface area (Å²) in [6.07, 6.45) is -1.05. The third-order valence-electron chi connectivity index (χ3n) is 6.49. The number of halogens is 5. The van der Waals surface area contributed by atoms with E-state index in [0.29, 0.717) is 19.3 Å². The van der Waals surface area contributed by atoms with Crippen molar-refractivity contribution in [2.75, 3.05) is 6.61 Å². The zero-order valence-electron chi connectivity index (χ0n) is 16.7. The number of aromatic nitrogens is 3. The van der Waals surface area contributed by atoms with E-state index in [-0.39, 0.29) is 53.1 Å². The van der Waals surface area contributed by atoms with Gasteiger partial charge in [0.2, 0.25) is 0 Å². The summed E-state index contributed by atoms with van der Waals surface area (Å²) >= 11 is 5.62. The molecule has 0 unspecified atom stereocenters. The average molecular weight is 475 g/mol. The maximum Gasteiger partial charge on any atom is 0.522 e. The molecule has 0 aliphatic heterocycles. The number of hydrogen-bond acceptors (Lipinski definition) is 5. The zero-order valence-corrected chi connectivity index (χ0v) is 17.4. The van der Waals surface area contributed by atoms with Crippen LogP contribution < -0.4 is 10.1 Å². The predicted molar refractivity (Wildman–Crippen MR) is 103 cm³/mol. The molecule has 6 rings (SSSR count). The molecule has 1 amide bonds. The number of carbonyl (C=O) groups is 1. The highest BCUT2D eigenvalue weighted by Gasteiger charge is 2.70. The Morgan fingerprint density at radius 1 is 1.28 bits per heavy atom. The van der Waals surface area contributed by atoms with E-state index < -0.39 is 18.3 Å². The minimum atomic E-state index is -4.62. The molecule has 1 aromatic carbocycles. The van der Waals surface area contributed by atoms with E-state index in [1.165, 1.54) is 12.1 Å². The summed E-state index contributed by atoms with van der Waals surface area (Å²) < 4.78 is 61.1. The Bertz CT molecular complexity index is 1030. The van der Waals surface area contributed by atoms with Crippen molar-refractivity contribution in [2.45, 2.75) is 61.6 Å². The maximum absolute atomic E-state index is 13.4. The number of rotatable bonds is 7. The molecule has 0 spiro atoms. The molecule has 7 nitrogen and oxygen atoms in total. The normalized spacial score (nSPS) is 30.7. The van der Waals surface area contributed by atoms with Crippen LogP contribution in [0.15, 0.2) is 24.4 Å². The maximum atomic E-state index is 13.4. The summed E-state index contributed by atoms with van der Waals surface area (Å²) in [6, 6.07) is 3.81. The van der Waals surface area contributed by atoms with Crippen LogP contribution in [0.3, 0.4) is 0 Å². The van der Waals surface area contributed by atoms with Gasteiger partial charge in [0.25, 0.3) is 5.91 Å².